The number of rotatable bonds is 5. The van der Waals surface area contributed by atoms with Gasteiger partial charge in [-0.15, -0.1) is 0 Å². The van der Waals surface area contributed by atoms with Crippen molar-refractivity contribution in [3.63, 3.8) is 0 Å². The van der Waals surface area contributed by atoms with Crippen LogP contribution in [0.4, 0.5) is 0 Å². The van der Waals surface area contributed by atoms with Gasteiger partial charge in [-0.25, -0.2) is 4.98 Å². The van der Waals surface area contributed by atoms with E-state index >= 15 is 0 Å². The van der Waals surface area contributed by atoms with Gasteiger partial charge >= 0.3 is 0 Å². The number of halogens is 1. The largest absolute Gasteiger partial charge is 0.495 e. The predicted octanol–water partition coefficient (Wildman–Crippen LogP) is 3.07. The minimum absolute atomic E-state index is 0.125. The highest BCUT2D eigenvalue weighted by Crippen LogP contribution is 2.23. The second-order valence-corrected chi connectivity index (χ2v) is 6.78. The van der Waals surface area contributed by atoms with Crippen molar-refractivity contribution in [2.24, 2.45) is 0 Å². The molecule has 0 aliphatic heterocycles. The molecule has 0 N–H and O–H groups in total. The topological polar surface area (TPSA) is 65.5 Å². The third-order valence-electron chi connectivity index (χ3n) is 2.81. The van der Waals surface area contributed by atoms with Gasteiger partial charge in [-0.1, -0.05) is 17.7 Å². The number of aromatic nitrogens is 1. The molecule has 0 radical (unpaired) electrons. The molecule has 2 rings (SSSR count). The number of ether oxygens (including phenoxy) is 1. The van der Waals surface area contributed by atoms with Crippen LogP contribution in [0.25, 0.3) is 0 Å². The molecule has 0 amide bonds. The van der Waals surface area contributed by atoms with Crippen molar-refractivity contribution >= 4 is 26.0 Å². The van der Waals surface area contributed by atoms with E-state index in [1.54, 1.807) is 18.2 Å². The minimum Gasteiger partial charge on any atom is -0.495 e. The van der Waals surface area contributed by atoms with Crippen LogP contribution in [0, 0.1) is 6.92 Å². The third-order valence-corrected chi connectivity index (χ3v) is 4.53. The normalized spacial score (nSPS) is 11.4. The molecule has 0 aliphatic carbocycles. The van der Waals surface area contributed by atoms with Crippen LogP contribution in [-0.4, -0.2) is 20.5 Å². The smallest absolute Gasteiger partial charge is 0.297 e. The molecule has 0 bridgehead atoms. The summed E-state index contributed by atoms with van der Waals surface area (Å²) < 4.78 is 35.0. The van der Waals surface area contributed by atoms with Crippen LogP contribution in [0.5, 0.6) is 5.75 Å². The Labute approximate surface area is 132 Å². The first kappa shape index (κ1) is 15.9. The van der Waals surface area contributed by atoms with Crippen molar-refractivity contribution in [1.29, 1.82) is 0 Å². The zero-order chi connectivity index (χ0) is 15.5. The molecule has 21 heavy (non-hydrogen) atoms. The van der Waals surface area contributed by atoms with E-state index in [4.69, 9.17) is 8.92 Å². The molecule has 2 aromatic rings. The Bertz CT molecular complexity index is 729. The van der Waals surface area contributed by atoms with E-state index < -0.39 is 10.1 Å². The maximum Gasteiger partial charge on any atom is 0.297 e. The maximum absolute atomic E-state index is 12.1. The highest BCUT2D eigenvalue weighted by Gasteiger charge is 2.16. The van der Waals surface area contributed by atoms with Crippen LogP contribution in [0.2, 0.25) is 0 Å². The molecular weight excluding hydrogens is 358 g/mol. The van der Waals surface area contributed by atoms with E-state index in [1.807, 2.05) is 6.92 Å². The molecule has 5 nitrogen and oxygen atoms in total. The fraction of sp³-hybridized carbons (Fsp3) is 0.214. The lowest BCUT2D eigenvalue weighted by Crippen LogP contribution is -2.07. The van der Waals surface area contributed by atoms with Crippen molar-refractivity contribution < 1.29 is 17.3 Å². The average Bonchev–Trinajstić information content (AvgIpc) is 2.46. The molecule has 1 heterocycles. The van der Waals surface area contributed by atoms with E-state index in [1.165, 1.54) is 25.4 Å². The zero-order valence-electron chi connectivity index (χ0n) is 11.5. The Balaban J connectivity index is 2.19. The van der Waals surface area contributed by atoms with E-state index in [9.17, 15) is 8.42 Å². The van der Waals surface area contributed by atoms with Crippen LogP contribution in [0.1, 0.15) is 11.1 Å². The summed E-state index contributed by atoms with van der Waals surface area (Å²) in [6.07, 6.45) is 1.50. The van der Waals surface area contributed by atoms with Crippen molar-refractivity contribution in [2.75, 3.05) is 7.11 Å². The quantitative estimate of drug-likeness (QED) is 0.596. The number of pyridine rings is 1. The molecule has 112 valence electrons. The van der Waals surface area contributed by atoms with Gasteiger partial charge < -0.3 is 4.74 Å². The SMILES string of the molecule is COc1cnc(Br)cc1COS(=O)(=O)c1ccc(C)cc1. The lowest BCUT2D eigenvalue weighted by atomic mass is 10.2. The minimum atomic E-state index is -3.80. The molecule has 0 saturated heterocycles. The lowest BCUT2D eigenvalue weighted by molar-refractivity contribution is 0.298. The van der Waals surface area contributed by atoms with Gasteiger partial charge in [-0.3, -0.25) is 4.18 Å². The average molecular weight is 372 g/mol. The number of nitrogens with zero attached hydrogens (tertiary/aromatic N) is 1. The second-order valence-electron chi connectivity index (χ2n) is 4.35. The number of aryl methyl sites for hydroxylation is 1. The molecule has 0 saturated carbocycles. The van der Waals surface area contributed by atoms with Crippen LogP contribution in [0.15, 0.2) is 46.0 Å². The molecule has 0 spiro atoms. The number of benzene rings is 1. The van der Waals surface area contributed by atoms with Gasteiger partial charge in [0.15, 0.2) is 0 Å². The fourth-order valence-electron chi connectivity index (χ4n) is 1.67. The molecule has 0 fully saturated rings. The maximum atomic E-state index is 12.1. The van der Waals surface area contributed by atoms with Gasteiger partial charge in [0.1, 0.15) is 10.4 Å². The number of methoxy groups -OCH3 is 1. The van der Waals surface area contributed by atoms with Crippen LogP contribution in [0.3, 0.4) is 0 Å². The van der Waals surface area contributed by atoms with E-state index in [2.05, 4.69) is 20.9 Å². The Morgan fingerprint density at radius 1 is 1.24 bits per heavy atom. The molecule has 0 unspecified atom stereocenters. The summed E-state index contributed by atoms with van der Waals surface area (Å²) in [5.74, 6) is 0.470. The molecule has 1 aromatic carbocycles. The Kier molecular flexibility index (Phi) is 4.97. The summed E-state index contributed by atoms with van der Waals surface area (Å²) in [7, 11) is -2.32. The Morgan fingerprint density at radius 3 is 2.52 bits per heavy atom. The Hall–Kier alpha value is -1.44. The van der Waals surface area contributed by atoms with E-state index in [0.29, 0.717) is 15.9 Å². The molecule has 7 heteroatoms. The summed E-state index contributed by atoms with van der Waals surface area (Å²) in [4.78, 5) is 4.13. The highest BCUT2D eigenvalue weighted by molar-refractivity contribution is 9.10. The number of hydrogen-bond acceptors (Lipinski definition) is 5. The Morgan fingerprint density at radius 2 is 1.90 bits per heavy atom. The summed E-state index contributed by atoms with van der Waals surface area (Å²) in [6, 6.07) is 8.14. The lowest BCUT2D eigenvalue weighted by Gasteiger charge is -2.09. The first-order chi connectivity index (χ1) is 9.92. The van der Waals surface area contributed by atoms with Gasteiger partial charge in [0.2, 0.25) is 0 Å². The van der Waals surface area contributed by atoms with Gasteiger partial charge in [0, 0.05) is 5.56 Å². The predicted molar refractivity (Wildman–Crippen MR) is 81.6 cm³/mol. The fourth-order valence-corrected chi connectivity index (χ4v) is 2.93. The number of hydrogen-bond donors (Lipinski definition) is 0. The summed E-state index contributed by atoms with van der Waals surface area (Å²) in [6.45, 7) is 1.76. The molecule has 0 atom stereocenters. The van der Waals surface area contributed by atoms with Gasteiger partial charge in [-0.05, 0) is 41.1 Å². The van der Waals surface area contributed by atoms with Crippen LogP contribution < -0.4 is 4.74 Å². The summed E-state index contributed by atoms with van der Waals surface area (Å²) in [5.41, 5.74) is 1.57. The van der Waals surface area contributed by atoms with Crippen molar-refractivity contribution in [1.82, 2.24) is 4.98 Å². The first-order valence-corrected chi connectivity index (χ1v) is 8.27. The van der Waals surface area contributed by atoms with Crippen molar-refractivity contribution in [3.05, 3.63) is 52.3 Å². The summed E-state index contributed by atoms with van der Waals surface area (Å²) in [5, 5.41) is 0. The standard InChI is InChI=1S/C14H14BrNO4S/c1-10-3-5-12(6-4-10)21(17,18)20-9-11-7-14(15)16-8-13(11)19-2/h3-8H,9H2,1-2H3. The van der Waals surface area contributed by atoms with Crippen molar-refractivity contribution in [3.8, 4) is 5.75 Å². The molecular formula is C14H14BrNO4S. The first-order valence-electron chi connectivity index (χ1n) is 6.07. The monoisotopic (exact) mass is 371 g/mol. The van der Waals surface area contributed by atoms with Gasteiger partial charge in [-0.2, -0.15) is 8.42 Å². The van der Waals surface area contributed by atoms with Gasteiger partial charge in [0.05, 0.1) is 24.8 Å². The van der Waals surface area contributed by atoms with Gasteiger partial charge in [0.25, 0.3) is 10.1 Å². The summed E-state index contributed by atoms with van der Waals surface area (Å²) >= 11 is 3.23. The third kappa shape index (κ3) is 4.03. The van der Waals surface area contributed by atoms with Crippen LogP contribution >= 0.6 is 15.9 Å². The van der Waals surface area contributed by atoms with E-state index in [-0.39, 0.29) is 11.5 Å². The zero-order valence-corrected chi connectivity index (χ0v) is 13.9. The second kappa shape index (κ2) is 6.55. The molecule has 1 aromatic heterocycles. The van der Waals surface area contributed by atoms with Crippen molar-refractivity contribution in [2.45, 2.75) is 18.4 Å². The van der Waals surface area contributed by atoms with E-state index in [0.717, 1.165) is 5.56 Å². The molecule has 0 aliphatic rings. The highest BCUT2D eigenvalue weighted by atomic mass is 79.9. The van der Waals surface area contributed by atoms with Crippen LogP contribution in [-0.2, 0) is 20.9 Å².